The summed E-state index contributed by atoms with van der Waals surface area (Å²) in [7, 11) is 0. The Kier molecular flexibility index (Phi) is 4.79. The SMILES string of the molecule is CC(C)=C[C@@H]1[C@H](C(=O)N2CCN(C[C@H](C)O)CC2)C1(C)C. The molecule has 4 nitrogen and oxygen atoms in total. The Morgan fingerprint density at radius 3 is 2.33 bits per heavy atom. The third-order valence-electron chi connectivity index (χ3n) is 4.90. The second-order valence-electron chi connectivity index (χ2n) is 7.54. The number of carbonyl (C=O) groups excluding carboxylic acids is 1. The molecule has 1 heterocycles. The van der Waals surface area contributed by atoms with Crippen LogP contribution in [0.25, 0.3) is 0 Å². The molecule has 0 aromatic carbocycles. The van der Waals surface area contributed by atoms with Crippen molar-refractivity contribution in [2.24, 2.45) is 17.3 Å². The molecule has 3 atom stereocenters. The van der Waals surface area contributed by atoms with Gasteiger partial charge in [0.2, 0.25) is 5.91 Å². The standard InChI is InChI=1S/C17H30N2O2/c1-12(2)10-14-15(17(14,4)5)16(21)19-8-6-18(7-9-19)11-13(3)20/h10,13-15,20H,6-9,11H2,1-5H3/t13-,14+,15+/m0/s1. The lowest BCUT2D eigenvalue weighted by atomic mass is 10.1. The van der Waals surface area contributed by atoms with Gasteiger partial charge in [0.05, 0.1) is 12.0 Å². The molecule has 2 fully saturated rings. The molecule has 4 heteroatoms. The fourth-order valence-corrected chi connectivity index (χ4v) is 3.54. The summed E-state index contributed by atoms with van der Waals surface area (Å²) in [6, 6.07) is 0. The minimum Gasteiger partial charge on any atom is -0.392 e. The third-order valence-corrected chi connectivity index (χ3v) is 4.90. The van der Waals surface area contributed by atoms with E-state index < -0.39 is 0 Å². The van der Waals surface area contributed by atoms with Crippen molar-refractivity contribution >= 4 is 5.91 Å². The van der Waals surface area contributed by atoms with Crippen molar-refractivity contribution in [2.45, 2.75) is 40.7 Å². The molecule has 0 aromatic rings. The van der Waals surface area contributed by atoms with E-state index in [0.29, 0.717) is 18.4 Å². The minimum absolute atomic E-state index is 0.102. The minimum atomic E-state index is -0.295. The zero-order chi connectivity index (χ0) is 15.8. The van der Waals surface area contributed by atoms with Gasteiger partial charge in [-0.15, -0.1) is 0 Å². The fraction of sp³-hybridized carbons (Fsp3) is 0.824. The molecule has 0 spiro atoms. The fourth-order valence-electron chi connectivity index (χ4n) is 3.54. The van der Waals surface area contributed by atoms with Gasteiger partial charge in [0, 0.05) is 32.7 Å². The van der Waals surface area contributed by atoms with E-state index in [4.69, 9.17) is 0 Å². The van der Waals surface area contributed by atoms with Crippen molar-refractivity contribution in [3.63, 3.8) is 0 Å². The van der Waals surface area contributed by atoms with Gasteiger partial charge in [-0.05, 0) is 32.1 Å². The van der Waals surface area contributed by atoms with Crippen LogP contribution in [-0.2, 0) is 4.79 Å². The van der Waals surface area contributed by atoms with Crippen LogP contribution in [0.2, 0.25) is 0 Å². The Morgan fingerprint density at radius 2 is 1.86 bits per heavy atom. The van der Waals surface area contributed by atoms with E-state index in [1.165, 1.54) is 5.57 Å². The molecule has 1 N–H and O–H groups in total. The molecule has 0 unspecified atom stereocenters. The van der Waals surface area contributed by atoms with Crippen LogP contribution in [0.15, 0.2) is 11.6 Å². The molecular formula is C17H30N2O2. The maximum atomic E-state index is 12.7. The van der Waals surface area contributed by atoms with Crippen molar-refractivity contribution < 1.29 is 9.90 Å². The maximum Gasteiger partial charge on any atom is 0.226 e. The smallest absolute Gasteiger partial charge is 0.226 e. The quantitative estimate of drug-likeness (QED) is 0.803. The van der Waals surface area contributed by atoms with Crippen LogP contribution in [0.1, 0.15) is 34.6 Å². The largest absolute Gasteiger partial charge is 0.392 e. The molecule has 0 radical (unpaired) electrons. The van der Waals surface area contributed by atoms with E-state index in [-0.39, 0.29) is 17.4 Å². The Hall–Kier alpha value is -0.870. The lowest BCUT2D eigenvalue weighted by Crippen LogP contribution is -2.50. The summed E-state index contributed by atoms with van der Waals surface area (Å²) >= 11 is 0. The van der Waals surface area contributed by atoms with Gasteiger partial charge in [0.15, 0.2) is 0 Å². The van der Waals surface area contributed by atoms with Crippen LogP contribution >= 0.6 is 0 Å². The predicted octanol–water partition coefficient (Wildman–Crippen LogP) is 1.75. The van der Waals surface area contributed by atoms with Crippen LogP contribution < -0.4 is 0 Å². The molecule has 21 heavy (non-hydrogen) atoms. The Morgan fingerprint density at radius 1 is 1.29 bits per heavy atom. The highest BCUT2D eigenvalue weighted by molar-refractivity contribution is 5.84. The number of amides is 1. The highest BCUT2D eigenvalue weighted by Gasteiger charge is 2.61. The number of hydrogen-bond acceptors (Lipinski definition) is 3. The van der Waals surface area contributed by atoms with Crippen molar-refractivity contribution in [3.8, 4) is 0 Å². The predicted molar refractivity (Wildman–Crippen MR) is 84.9 cm³/mol. The van der Waals surface area contributed by atoms with E-state index in [1.807, 2.05) is 11.8 Å². The Balaban J connectivity index is 1.90. The highest BCUT2D eigenvalue weighted by Crippen LogP contribution is 2.60. The molecular weight excluding hydrogens is 264 g/mol. The first kappa shape index (κ1) is 16.5. The van der Waals surface area contributed by atoms with Gasteiger partial charge in [0.1, 0.15) is 0 Å². The van der Waals surface area contributed by atoms with Gasteiger partial charge < -0.3 is 10.0 Å². The number of nitrogens with zero attached hydrogens (tertiary/aromatic N) is 2. The van der Waals surface area contributed by atoms with Crippen molar-refractivity contribution in [1.82, 2.24) is 9.80 Å². The molecule has 0 bridgehead atoms. The van der Waals surface area contributed by atoms with Gasteiger partial charge in [-0.25, -0.2) is 0 Å². The first-order chi connectivity index (χ1) is 9.73. The van der Waals surface area contributed by atoms with E-state index >= 15 is 0 Å². The van der Waals surface area contributed by atoms with E-state index in [9.17, 15) is 9.90 Å². The maximum absolute atomic E-state index is 12.7. The second kappa shape index (κ2) is 6.09. The van der Waals surface area contributed by atoms with Crippen molar-refractivity contribution in [2.75, 3.05) is 32.7 Å². The average Bonchev–Trinajstić information content (AvgIpc) is 2.89. The van der Waals surface area contributed by atoms with Gasteiger partial charge >= 0.3 is 0 Å². The topological polar surface area (TPSA) is 43.8 Å². The van der Waals surface area contributed by atoms with Gasteiger partial charge in [0.25, 0.3) is 0 Å². The molecule has 2 aliphatic rings. The van der Waals surface area contributed by atoms with Crippen molar-refractivity contribution in [1.29, 1.82) is 0 Å². The van der Waals surface area contributed by atoms with Crippen molar-refractivity contribution in [3.05, 3.63) is 11.6 Å². The summed E-state index contributed by atoms with van der Waals surface area (Å²) < 4.78 is 0. The summed E-state index contributed by atoms with van der Waals surface area (Å²) in [5.41, 5.74) is 1.40. The first-order valence-corrected chi connectivity index (χ1v) is 8.07. The van der Waals surface area contributed by atoms with Gasteiger partial charge in [-0.2, -0.15) is 0 Å². The van der Waals surface area contributed by atoms with E-state index in [2.05, 4.69) is 38.7 Å². The number of aliphatic hydroxyl groups is 1. The van der Waals surface area contributed by atoms with Crippen LogP contribution in [0.5, 0.6) is 0 Å². The zero-order valence-corrected chi connectivity index (χ0v) is 14.1. The molecule has 1 saturated carbocycles. The molecule has 2 rings (SSSR count). The van der Waals surface area contributed by atoms with E-state index in [0.717, 1.165) is 26.2 Å². The first-order valence-electron chi connectivity index (χ1n) is 8.07. The molecule has 1 aliphatic heterocycles. The van der Waals surface area contributed by atoms with Crippen LogP contribution in [0, 0.1) is 17.3 Å². The number of piperazine rings is 1. The second-order valence-corrected chi connectivity index (χ2v) is 7.54. The summed E-state index contributed by atoms with van der Waals surface area (Å²) in [6.45, 7) is 14.4. The average molecular weight is 294 g/mol. The number of rotatable bonds is 4. The molecule has 1 amide bonds. The molecule has 1 aliphatic carbocycles. The van der Waals surface area contributed by atoms with E-state index in [1.54, 1.807) is 0 Å². The number of allylic oxidation sites excluding steroid dienone is 2. The Labute approximate surface area is 128 Å². The summed E-state index contributed by atoms with van der Waals surface area (Å²) in [4.78, 5) is 17.0. The lowest BCUT2D eigenvalue weighted by molar-refractivity contribution is -0.135. The summed E-state index contributed by atoms with van der Waals surface area (Å²) in [5, 5.41) is 9.44. The summed E-state index contributed by atoms with van der Waals surface area (Å²) in [5.74, 6) is 0.861. The van der Waals surface area contributed by atoms with Crippen LogP contribution in [0.3, 0.4) is 0 Å². The van der Waals surface area contributed by atoms with Gasteiger partial charge in [-0.1, -0.05) is 25.5 Å². The molecule has 120 valence electrons. The zero-order valence-electron chi connectivity index (χ0n) is 14.1. The Bertz CT molecular complexity index is 417. The highest BCUT2D eigenvalue weighted by atomic mass is 16.3. The summed E-state index contributed by atoms with van der Waals surface area (Å²) in [6.07, 6.45) is 1.96. The van der Waals surface area contributed by atoms with Crippen LogP contribution in [0.4, 0.5) is 0 Å². The lowest BCUT2D eigenvalue weighted by Gasteiger charge is -2.35. The number of carbonyl (C=O) groups is 1. The van der Waals surface area contributed by atoms with Gasteiger partial charge in [-0.3, -0.25) is 9.69 Å². The molecule has 1 saturated heterocycles. The molecule has 0 aromatic heterocycles. The number of aliphatic hydroxyl groups excluding tert-OH is 1. The normalized spacial score (nSPS) is 29.9. The number of β-amino-alcohol motifs (C(OH)–C–C–N with tert-alkyl or cyclic N) is 1. The monoisotopic (exact) mass is 294 g/mol. The third kappa shape index (κ3) is 3.67. The number of hydrogen-bond donors (Lipinski definition) is 1. The van der Waals surface area contributed by atoms with Crippen LogP contribution in [-0.4, -0.2) is 59.6 Å².